The van der Waals surface area contributed by atoms with Crippen LogP contribution in [0.5, 0.6) is 0 Å². The molecule has 0 aliphatic carbocycles. The molecule has 1 unspecified atom stereocenters. The first kappa shape index (κ1) is 11.2. The van der Waals surface area contributed by atoms with Crippen molar-refractivity contribution in [1.29, 1.82) is 0 Å². The summed E-state index contributed by atoms with van der Waals surface area (Å²) in [7, 11) is 0. The van der Waals surface area contributed by atoms with Crippen molar-refractivity contribution in [1.82, 2.24) is 9.78 Å². The molecule has 0 aliphatic heterocycles. The van der Waals surface area contributed by atoms with E-state index in [1.165, 1.54) is 0 Å². The maximum Gasteiger partial charge on any atom is 0.0556 e. The van der Waals surface area contributed by atoms with Gasteiger partial charge in [0.25, 0.3) is 0 Å². The lowest BCUT2D eigenvalue weighted by molar-refractivity contribution is 0.309. The highest BCUT2D eigenvalue weighted by atomic mass is 15.3. The molecule has 1 aromatic heterocycles. The average molecular weight is 195 g/mol. The van der Waals surface area contributed by atoms with E-state index in [0.717, 1.165) is 18.7 Å². The smallest absolute Gasteiger partial charge is 0.0556 e. The van der Waals surface area contributed by atoms with Gasteiger partial charge in [0.15, 0.2) is 0 Å². The number of aromatic nitrogens is 2. The van der Waals surface area contributed by atoms with Gasteiger partial charge in [-0.1, -0.05) is 27.7 Å². The van der Waals surface area contributed by atoms with Crippen molar-refractivity contribution >= 4 is 0 Å². The monoisotopic (exact) mass is 195 g/mol. The predicted octanol–water partition coefficient (Wildman–Crippen LogP) is 2.34. The minimum Gasteiger partial charge on any atom is -0.322 e. The zero-order valence-electron chi connectivity index (χ0n) is 9.62. The molecule has 14 heavy (non-hydrogen) atoms. The lowest BCUT2D eigenvalue weighted by Gasteiger charge is -2.27. The summed E-state index contributed by atoms with van der Waals surface area (Å²) >= 11 is 0. The van der Waals surface area contributed by atoms with Gasteiger partial charge in [-0.05, 0) is 17.9 Å². The normalized spacial score (nSPS) is 14.4. The number of aryl methyl sites for hydroxylation is 1. The predicted molar refractivity (Wildman–Crippen MR) is 58.9 cm³/mol. The molecule has 2 N–H and O–H groups in total. The highest BCUT2D eigenvalue weighted by Gasteiger charge is 2.24. The van der Waals surface area contributed by atoms with Crippen LogP contribution in [0.1, 0.15) is 45.9 Å². The molecule has 1 rings (SSSR count). The van der Waals surface area contributed by atoms with Crippen molar-refractivity contribution in [3.8, 4) is 0 Å². The van der Waals surface area contributed by atoms with Crippen LogP contribution in [0.15, 0.2) is 12.3 Å². The maximum absolute atomic E-state index is 6.19. The molecule has 1 heterocycles. The topological polar surface area (TPSA) is 43.8 Å². The third-order valence-electron chi connectivity index (χ3n) is 2.44. The van der Waals surface area contributed by atoms with Crippen molar-refractivity contribution in [3.05, 3.63) is 18.0 Å². The molecule has 0 spiro atoms. The van der Waals surface area contributed by atoms with Crippen molar-refractivity contribution in [2.45, 2.75) is 46.7 Å². The Bertz CT molecular complexity index is 283. The van der Waals surface area contributed by atoms with Crippen LogP contribution in [-0.2, 0) is 6.54 Å². The third kappa shape index (κ3) is 2.35. The molecular weight excluding hydrogens is 174 g/mol. The Morgan fingerprint density at radius 2 is 2.14 bits per heavy atom. The summed E-state index contributed by atoms with van der Waals surface area (Å²) in [6.07, 6.45) is 2.92. The summed E-state index contributed by atoms with van der Waals surface area (Å²) in [5.74, 6) is 0. The molecule has 3 nitrogen and oxygen atoms in total. The van der Waals surface area contributed by atoms with E-state index in [1.54, 1.807) is 0 Å². The fourth-order valence-electron chi connectivity index (χ4n) is 1.45. The molecule has 0 saturated heterocycles. The summed E-state index contributed by atoms with van der Waals surface area (Å²) in [6, 6.07) is 2.07. The zero-order chi connectivity index (χ0) is 10.8. The first-order valence-corrected chi connectivity index (χ1v) is 5.24. The Morgan fingerprint density at radius 3 is 2.64 bits per heavy atom. The summed E-state index contributed by atoms with van der Waals surface area (Å²) < 4.78 is 2.01. The van der Waals surface area contributed by atoms with E-state index in [2.05, 4.69) is 32.8 Å². The lowest BCUT2D eigenvalue weighted by Crippen LogP contribution is -2.28. The molecule has 0 fully saturated rings. The van der Waals surface area contributed by atoms with Crippen molar-refractivity contribution < 1.29 is 0 Å². The Labute approximate surface area is 86.3 Å². The van der Waals surface area contributed by atoms with Crippen LogP contribution in [0.2, 0.25) is 0 Å². The second-order valence-corrected chi connectivity index (χ2v) is 4.82. The van der Waals surface area contributed by atoms with Gasteiger partial charge < -0.3 is 5.73 Å². The third-order valence-corrected chi connectivity index (χ3v) is 2.44. The van der Waals surface area contributed by atoms with Crippen molar-refractivity contribution in [3.63, 3.8) is 0 Å². The number of hydrogen-bond donors (Lipinski definition) is 1. The Balaban J connectivity index is 2.89. The van der Waals surface area contributed by atoms with Gasteiger partial charge in [-0.2, -0.15) is 5.10 Å². The van der Waals surface area contributed by atoms with Gasteiger partial charge in [-0.25, -0.2) is 0 Å². The summed E-state index contributed by atoms with van der Waals surface area (Å²) in [5, 5.41) is 4.28. The number of hydrogen-bond acceptors (Lipinski definition) is 2. The molecule has 3 heteroatoms. The van der Waals surface area contributed by atoms with Crippen LogP contribution in [0.25, 0.3) is 0 Å². The standard InChI is InChI=1S/C11H21N3/c1-5-8-14-9(6-7-13-14)10(12)11(2,3)4/h6-7,10H,5,8,12H2,1-4H3. The minimum absolute atomic E-state index is 0.0524. The van der Waals surface area contributed by atoms with Crippen LogP contribution >= 0.6 is 0 Å². The van der Waals surface area contributed by atoms with E-state index >= 15 is 0 Å². The van der Waals surface area contributed by atoms with Crippen molar-refractivity contribution in [2.75, 3.05) is 0 Å². The van der Waals surface area contributed by atoms with Gasteiger partial charge >= 0.3 is 0 Å². The van der Waals surface area contributed by atoms with Gasteiger partial charge in [-0.15, -0.1) is 0 Å². The van der Waals surface area contributed by atoms with E-state index in [0.29, 0.717) is 0 Å². The fourth-order valence-corrected chi connectivity index (χ4v) is 1.45. The maximum atomic E-state index is 6.19. The molecule has 0 amide bonds. The summed E-state index contributed by atoms with van der Waals surface area (Å²) in [5.41, 5.74) is 7.41. The van der Waals surface area contributed by atoms with Crippen LogP contribution in [0, 0.1) is 5.41 Å². The van der Waals surface area contributed by atoms with E-state index < -0.39 is 0 Å². The summed E-state index contributed by atoms with van der Waals surface area (Å²) in [6.45, 7) is 9.56. The molecule has 1 aromatic rings. The van der Waals surface area contributed by atoms with Crippen molar-refractivity contribution in [2.24, 2.45) is 11.1 Å². The molecule has 0 radical (unpaired) electrons. The van der Waals surface area contributed by atoms with Crippen LogP contribution < -0.4 is 5.73 Å². The second kappa shape index (κ2) is 4.13. The highest BCUT2D eigenvalue weighted by molar-refractivity contribution is 5.09. The van der Waals surface area contributed by atoms with Gasteiger partial charge in [0.05, 0.1) is 11.7 Å². The van der Waals surface area contributed by atoms with E-state index in [4.69, 9.17) is 5.73 Å². The fraction of sp³-hybridized carbons (Fsp3) is 0.727. The average Bonchev–Trinajstić information content (AvgIpc) is 2.50. The van der Waals surface area contributed by atoms with Gasteiger partial charge in [-0.3, -0.25) is 4.68 Å². The largest absolute Gasteiger partial charge is 0.322 e. The Morgan fingerprint density at radius 1 is 1.50 bits per heavy atom. The number of nitrogens with zero attached hydrogens (tertiary/aromatic N) is 2. The Hall–Kier alpha value is -0.830. The first-order chi connectivity index (χ1) is 6.46. The second-order valence-electron chi connectivity index (χ2n) is 4.82. The quantitative estimate of drug-likeness (QED) is 0.804. The lowest BCUT2D eigenvalue weighted by atomic mass is 9.85. The highest BCUT2D eigenvalue weighted by Crippen LogP contribution is 2.29. The zero-order valence-corrected chi connectivity index (χ0v) is 9.62. The molecule has 0 bridgehead atoms. The first-order valence-electron chi connectivity index (χ1n) is 5.24. The molecule has 1 atom stereocenters. The van der Waals surface area contributed by atoms with Gasteiger partial charge in [0.1, 0.15) is 0 Å². The Kier molecular flexibility index (Phi) is 3.32. The van der Waals surface area contributed by atoms with Gasteiger partial charge in [0, 0.05) is 12.7 Å². The number of rotatable bonds is 3. The van der Waals surface area contributed by atoms with E-state index in [-0.39, 0.29) is 11.5 Å². The molecule has 0 saturated carbocycles. The van der Waals surface area contributed by atoms with Gasteiger partial charge in [0.2, 0.25) is 0 Å². The minimum atomic E-state index is 0.0524. The summed E-state index contributed by atoms with van der Waals surface area (Å²) in [4.78, 5) is 0. The SMILES string of the molecule is CCCn1nccc1C(N)C(C)(C)C. The van der Waals surface area contributed by atoms with Crippen LogP contribution in [0.3, 0.4) is 0 Å². The van der Waals surface area contributed by atoms with E-state index in [9.17, 15) is 0 Å². The molecule has 80 valence electrons. The molecule has 0 aliphatic rings. The van der Waals surface area contributed by atoms with Crippen LogP contribution in [-0.4, -0.2) is 9.78 Å². The molecular formula is C11H21N3. The van der Waals surface area contributed by atoms with E-state index in [1.807, 2.05) is 16.9 Å². The van der Waals surface area contributed by atoms with Crippen LogP contribution in [0.4, 0.5) is 0 Å². The molecule has 0 aromatic carbocycles. The number of nitrogens with two attached hydrogens (primary N) is 1.